The molecule has 0 bridgehead atoms. The maximum absolute atomic E-state index is 12.4. The Bertz CT molecular complexity index is 454. The fourth-order valence-corrected chi connectivity index (χ4v) is 2.33. The molecule has 1 aromatic rings. The molecule has 0 aromatic carbocycles. The maximum atomic E-state index is 12.4. The number of pyridine rings is 1. The van der Waals surface area contributed by atoms with Crippen LogP contribution in [0.15, 0.2) is 12.3 Å². The van der Waals surface area contributed by atoms with E-state index in [1.54, 1.807) is 4.90 Å². The number of hydrogen-bond donors (Lipinski definition) is 0. The third-order valence-corrected chi connectivity index (χ3v) is 3.52. The van der Waals surface area contributed by atoms with Gasteiger partial charge in [-0.1, -0.05) is 30.1 Å². The normalized spacial score (nSPS) is 19.9. The number of halogens is 2. The molecule has 1 amide bonds. The molecule has 1 unspecified atom stereocenters. The van der Waals surface area contributed by atoms with Gasteiger partial charge in [-0.2, -0.15) is 0 Å². The van der Waals surface area contributed by atoms with Crippen LogP contribution >= 0.6 is 23.2 Å². The lowest BCUT2D eigenvalue weighted by Crippen LogP contribution is -2.48. The molecule has 1 atom stereocenters. The Morgan fingerprint density at radius 3 is 3.11 bits per heavy atom. The Labute approximate surface area is 116 Å². The lowest BCUT2D eigenvalue weighted by Gasteiger charge is -2.35. The van der Waals surface area contributed by atoms with E-state index in [4.69, 9.17) is 27.9 Å². The molecule has 1 saturated heterocycles. The van der Waals surface area contributed by atoms with Gasteiger partial charge in [0.2, 0.25) is 0 Å². The van der Waals surface area contributed by atoms with Gasteiger partial charge in [0.05, 0.1) is 29.8 Å². The van der Waals surface area contributed by atoms with E-state index in [0.29, 0.717) is 30.3 Å². The van der Waals surface area contributed by atoms with Crippen molar-refractivity contribution in [2.24, 2.45) is 0 Å². The topological polar surface area (TPSA) is 42.4 Å². The Kier molecular flexibility index (Phi) is 4.43. The van der Waals surface area contributed by atoms with Gasteiger partial charge >= 0.3 is 0 Å². The number of aromatic nitrogens is 1. The molecule has 0 spiro atoms. The molecular formula is C12H14Cl2N2O2. The van der Waals surface area contributed by atoms with E-state index in [1.165, 1.54) is 12.3 Å². The molecule has 2 rings (SSSR count). The van der Waals surface area contributed by atoms with Gasteiger partial charge in [-0.3, -0.25) is 4.79 Å². The van der Waals surface area contributed by atoms with Crippen LogP contribution in [0.25, 0.3) is 0 Å². The van der Waals surface area contributed by atoms with Gasteiger partial charge in [0.25, 0.3) is 5.91 Å². The zero-order valence-corrected chi connectivity index (χ0v) is 11.5. The van der Waals surface area contributed by atoms with Gasteiger partial charge in [0.1, 0.15) is 5.15 Å². The first-order chi connectivity index (χ1) is 8.63. The summed E-state index contributed by atoms with van der Waals surface area (Å²) in [4.78, 5) is 18.1. The first-order valence-corrected chi connectivity index (χ1v) is 6.58. The molecule has 1 aliphatic rings. The van der Waals surface area contributed by atoms with Crippen LogP contribution in [0.1, 0.15) is 23.7 Å². The van der Waals surface area contributed by atoms with E-state index in [2.05, 4.69) is 4.98 Å². The average Bonchev–Trinajstić information content (AvgIpc) is 2.40. The van der Waals surface area contributed by atoms with Crippen LogP contribution in [0.3, 0.4) is 0 Å². The molecule has 0 aliphatic carbocycles. The van der Waals surface area contributed by atoms with Crippen LogP contribution in [0, 0.1) is 0 Å². The fourth-order valence-electron chi connectivity index (χ4n) is 1.99. The van der Waals surface area contributed by atoms with Crippen LogP contribution < -0.4 is 0 Å². The molecule has 0 N–H and O–H groups in total. The first-order valence-electron chi connectivity index (χ1n) is 5.83. The quantitative estimate of drug-likeness (QED) is 0.786. The second-order valence-corrected chi connectivity index (χ2v) is 4.92. The highest BCUT2D eigenvalue weighted by molar-refractivity contribution is 6.35. The van der Waals surface area contributed by atoms with E-state index in [0.717, 1.165) is 6.42 Å². The van der Waals surface area contributed by atoms with Crippen molar-refractivity contribution < 1.29 is 9.53 Å². The van der Waals surface area contributed by atoms with Crippen molar-refractivity contribution >= 4 is 29.1 Å². The average molecular weight is 289 g/mol. The summed E-state index contributed by atoms with van der Waals surface area (Å²) >= 11 is 11.8. The molecule has 18 heavy (non-hydrogen) atoms. The third kappa shape index (κ3) is 2.76. The second-order valence-electron chi connectivity index (χ2n) is 4.12. The molecule has 0 radical (unpaired) electrons. The van der Waals surface area contributed by atoms with Gasteiger partial charge < -0.3 is 9.64 Å². The van der Waals surface area contributed by atoms with Gasteiger partial charge in [0, 0.05) is 12.7 Å². The summed E-state index contributed by atoms with van der Waals surface area (Å²) in [5.74, 6) is -0.112. The molecule has 1 aromatic heterocycles. The summed E-state index contributed by atoms with van der Waals surface area (Å²) < 4.78 is 5.38. The van der Waals surface area contributed by atoms with E-state index in [1.807, 2.05) is 6.92 Å². The maximum Gasteiger partial charge on any atom is 0.255 e. The lowest BCUT2D eigenvalue weighted by atomic mass is 10.1. The monoisotopic (exact) mass is 288 g/mol. The number of carbonyl (C=O) groups excluding carboxylic acids is 1. The smallest absolute Gasteiger partial charge is 0.255 e. The van der Waals surface area contributed by atoms with E-state index in [-0.39, 0.29) is 17.1 Å². The molecule has 4 nitrogen and oxygen atoms in total. The first kappa shape index (κ1) is 13.6. The SMILES string of the molecule is CCC1COCCN1C(=O)c1cc(Cl)ncc1Cl. The number of hydrogen-bond acceptors (Lipinski definition) is 3. The second kappa shape index (κ2) is 5.87. The van der Waals surface area contributed by atoms with Crippen molar-refractivity contribution in [2.75, 3.05) is 19.8 Å². The van der Waals surface area contributed by atoms with Gasteiger partial charge in [-0.05, 0) is 12.5 Å². The Morgan fingerprint density at radius 2 is 2.39 bits per heavy atom. The van der Waals surface area contributed by atoms with Crippen LogP contribution in [0.4, 0.5) is 0 Å². The predicted octanol–water partition coefficient (Wildman–Crippen LogP) is 2.64. The molecule has 0 saturated carbocycles. The minimum absolute atomic E-state index is 0.0919. The number of rotatable bonds is 2. The summed E-state index contributed by atoms with van der Waals surface area (Å²) in [6.45, 7) is 3.73. The van der Waals surface area contributed by atoms with Gasteiger partial charge in [-0.25, -0.2) is 4.98 Å². The summed E-state index contributed by atoms with van der Waals surface area (Å²) in [7, 11) is 0. The van der Waals surface area contributed by atoms with Gasteiger partial charge in [0.15, 0.2) is 0 Å². The zero-order valence-electron chi connectivity index (χ0n) is 10.0. The Morgan fingerprint density at radius 1 is 1.61 bits per heavy atom. The summed E-state index contributed by atoms with van der Waals surface area (Å²) in [5.41, 5.74) is 0.400. The van der Waals surface area contributed by atoms with Gasteiger partial charge in [-0.15, -0.1) is 0 Å². The summed E-state index contributed by atoms with van der Waals surface area (Å²) in [6.07, 6.45) is 2.25. The van der Waals surface area contributed by atoms with Crippen LogP contribution in [0.2, 0.25) is 10.2 Å². The largest absolute Gasteiger partial charge is 0.377 e. The van der Waals surface area contributed by atoms with Crippen LogP contribution in [-0.2, 0) is 4.74 Å². The summed E-state index contributed by atoms with van der Waals surface area (Å²) in [5, 5.41) is 0.592. The van der Waals surface area contributed by atoms with E-state index >= 15 is 0 Å². The minimum Gasteiger partial charge on any atom is -0.377 e. The summed E-state index contributed by atoms with van der Waals surface area (Å²) in [6, 6.07) is 1.60. The van der Waals surface area contributed by atoms with Crippen molar-refractivity contribution in [1.29, 1.82) is 0 Å². The number of morpholine rings is 1. The van der Waals surface area contributed by atoms with E-state index in [9.17, 15) is 4.79 Å². The zero-order chi connectivity index (χ0) is 13.1. The predicted molar refractivity (Wildman–Crippen MR) is 70.2 cm³/mol. The molecule has 1 aliphatic heterocycles. The number of nitrogens with zero attached hydrogens (tertiary/aromatic N) is 2. The number of amides is 1. The molecular weight excluding hydrogens is 275 g/mol. The molecule has 6 heteroatoms. The standard InChI is InChI=1S/C12H14Cl2N2O2/c1-2-8-7-18-4-3-16(8)12(17)9-5-11(14)15-6-10(9)13/h5-6,8H,2-4,7H2,1H3. The van der Waals surface area contributed by atoms with Crippen molar-refractivity contribution in [2.45, 2.75) is 19.4 Å². The number of carbonyl (C=O) groups is 1. The van der Waals surface area contributed by atoms with Crippen molar-refractivity contribution in [1.82, 2.24) is 9.88 Å². The Hall–Kier alpha value is -0.840. The van der Waals surface area contributed by atoms with E-state index < -0.39 is 0 Å². The molecule has 98 valence electrons. The molecule has 1 fully saturated rings. The number of ether oxygens (including phenoxy) is 1. The van der Waals surface area contributed by atoms with Crippen molar-refractivity contribution in [3.63, 3.8) is 0 Å². The minimum atomic E-state index is -0.112. The third-order valence-electron chi connectivity index (χ3n) is 3.01. The highest BCUT2D eigenvalue weighted by Crippen LogP contribution is 2.22. The van der Waals surface area contributed by atoms with Crippen LogP contribution in [0.5, 0.6) is 0 Å². The lowest BCUT2D eigenvalue weighted by molar-refractivity contribution is -0.00279. The van der Waals surface area contributed by atoms with Crippen LogP contribution in [-0.4, -0.2) is 41.6 Å². The highest BCUT2D eigenvalue weighted by atomic mass is 35.5. The molecule has 2 heterocycles. The Balaban J connectivity index is 2.26. The highest BCUT2D eigenvalue weighted by Gasteiger charge is 2.28. The fraction of sp³-hybridized carbons (Fsp3) is 0.500. The van der Waals surface area contributed by atoms with Crippen molar-refractivity contribution in [3.8, 4) is 0 Å². The van der Waals surface area contributed by atoms with Crippen molar-refractivity contribution in [3.05, 3.63) is 28.0 Å².